The van der Waals surface area contributed by atoms with Crippen molar-refractivity contribution in [3.8, 4) is 17.0 Å². The van der Waals surface area contributed by atoms with Crippen LogP contribution in [0, 0.1) is 5.41 Å². The number of hydrogen-bond donors (Lipinski definition) is 2. The Balaban J connectivity index is 1.55. The average molecular weight is 377 g/mol. The molecular weight excluding hydrogens is 358 g/mol. The molecule has 2 heterocycles. The SMILES string of the molecule is COc1ccc(-c2csc(C3=C(O)CN(Cc4ccccc4)C3=N)n2)cc1. The van der Waals surface area contributed by atoms with Gasteiger partial charge in [0.2, 0.25) is 0 Å². The summed E-state index contributed by atoms with van der Waals surface area (Å²) in [5, 5.41) is 21.6. The number of aliphatic hydroxyl groups is 1. The summed E-state index contributed by atoms with van der Waals surface area (Å²) in [5.74, 6) is 1.31. The number of benzene rings is 2. The van der Waals surface area contributed by atoms with Gasteiger partial charge in [-0.15, -0.1) is 11.3 Å². The predicted octanol–water partition coefficient (Wildman–Crippen LogP) is 4.58. The molecule has 1 aliphatic heterocycles. The molecule has 0 aliphatic carbocycles. The van der Waals surface area contributed by atoms with Crippen molar-refractivity contribution in [3.63, 3.8) is 0 Å². The van der Waals surface area contributed by atoms with Gasteiger partial charge in [-0.25, -0.2) is 4.98 Å². The van der Waals surface area contributed by atoms with Gasteiger partial charge in [0.15, 0.2) is 0 Å². The van der Waals surface area contributed by atoms with Crippen LogP contribution in [0.2, 0.25) is 0 Å². The molecule has 0 radical (unpaired) electrons. The molecule has 1 aliphatic rings. The minimum absolute atomic E-state index is 0.201. The third-order valence-corrected chi connectivity index (χ3v) is 5.36. The minimum Gasteiger partial charge on any atom is -0.510 e. The van der Waals surface area contributed by atoms with Crippen LogP contribution in [0.3, 0.4) is 0 Å². The summed E-state index contributed by atoms with van der Waals surface area (Å²) in [5.41, 5.74) is 3.43. The maximum atomic E-state index is 10.5. The average Bonchev–Trinajstić information content (AvgIpc) is 3.27. The molecule has 6 heteroatoms. The first-order valence-electron chi connectivity index (χ1n) is 8.56. The molecule has 0 fully saturated rings. The Morgan fingerprint density at radius 3 is 2.59 bits per heavy atom. The maximum Gasteiger partial charge on any atom is 0.135 e. The van der Waals surface area contributed by atoms with E-state index in [4.69, 9.17) is 10.1 Å². The quantitative estimate of drug-likeness (QED) is 0.683. The lowest BCUT2D eigenvalue weighted by Crippen LogP contribution is -2.25. The molecule has 0 saturated carbocycles. The zero-order chi connectivity index (χ0) is 18.8. The molecule has 0 amide bonds. The van der Waals surface area contributed by atoms with Gasteiger partial charge in [0.25, 0.3) is 0 Å². The van der Waals surface area contributed by atoms with Crippen LogP contribution in [0.25, 0.3) is 16.8 Å². The molecule has 0 bridgehead atoms. The van der Waals surface area contributed by atoms with Crippen molar-refractivity contribution in [1.82, 2.24) is 9.88 Å². The highest BCUT2D eigenvalue weighted by molar-refractivity contribution is 7.11. The van der Waals surface area contributed by atoms with Crippen LogP contribution in [0.4, 0.5) is 0 Å². The summed E-state index contributed by atoms with van der Waals surface area (Å²) in [6.45, 7) is 0.921. The number of amidine groups is 1. The Kier molecular flexibility index (Phi) is 4.64. The lowest BCUT2D eigenvalue weighted by Gasteiger charge is -2.18. The van der Waals surface area contributed by atoms with Crippen LogP contribution in [-0.4, -0.2) is 34.5 Å². The molecule has 2 aromatic carbocycles. The van der Waals surface area contributed by atoms with Crippen LogP contribution in [-0.2, 0) is 6.54 Å². The largest absolute Gasteiger partial charge is 0.510 e. The smallest absolute Gasteiger partial charge is 0.135 e. The molecule has 0 atom stereocenters. The van der Waals surface area contributed by atoms with Crippen molar-refractivity contribution in [2.75, 3.05) is 13.7 Å². The van der Waals surface area contributed by atoms with Crippen LogP contribution >= 0.6 is 11.3 Å². The first-order chi connectivity index (χ1) is 13.2. The normalized spacial score (nSPS) is 14.1. The van der Waals surface area contributed by atoms with Crippen molar-refractivity contribution < 1.29 is 9.84 Å². The molecule has 1 aromatic heterocycles. The van der Waals surface area contributed by atoms with E-state index in [1.54, 1.807) is 7.11 Å². The molecule has 4 rings (SSSR count). The third-order valence-electron chi connectivity index (χ3n) is 4.50. The van der Waals surface area contributed by atoms with E-state index in [0.717, 1.165) is 22.6 Å². The Morgan fingerprint density at radius 1 is 1.15 bits per heavy atom. The second-order valence-electron chi connectivity index (χ2n) is 6.28. The van der Waals surface area contributed by atoms with E-state index in [0.29, 0.717) is 29.5 Å². The van der Waals surface area contributed by atoms with Crippen LogP contribution in [0.1, 0.15) is 10.6 Å². The highest BCUT2D eigenvalue weighted by Crippen LogP contribution is 2.33. The van der Waals surface area contributed by atoms with Gasteiger partial charge >= 0.3 is 0 Å². The van der Waals surface area contributed by atoms with Crippen LogP contribution < -0.4 is 4.74 Å². The molecule has 3 aromatic rings. The molecule has 0 saturated heterocycles. The standard InChI is InChI=1S/C21H19N3O2S/c1-26-16-9-7-15(8-10-16)17-13-27-21(23-17)19-18(25)12-24(20(19)22)11-14-5-3-2-4-6-14/h2-10,13,22,25H,11-12H2,1H3. The zero-order valence-electron chi connectivity index (χ0n) is 14.8. The van der Waals surface area contributed by atoms with Gasteiger partial charge in [-0.2, -0.15) is 0 Å². The number of methoxy groups -OCH3 is 1. The third kappa shape index (κ3) is 3.44. The fraction of sp³-hybridized carbons (Fsp3) is 0.143. The summed E-state index contributed by atoms with van der Waals surface area (Å²) in [7, 11) is 1.64. The minimum atomic E-state index is 0.201. The monoisotopic (exact) mass is 377 g/mol. The predicted molar refractivity (Wildman–Crippen MR) is 108 cm³/mol. The molecule has 136 valence electrons. The van der Waals surface area contributed by atoms with Crippen LogP contribution in [0.15, 0.2) is 65.7 Å². The lowest BCUT2D eigenvalue weighted by atomic mass is 10.1. The van der Waals surface area contributed by atoms with Gasteiger partial charge in [-0.05, 0) is 29.8 Å². The zero-order valence-corrected chi connectivity index (χ0v) is 15.7. The summed E-state index contributed by atoms with van der Waals surface area (Å²) < 4.78 is 5.19. The van der Waals surface area contributed by atoms with Gasteiger partial charge in [0, 0.05) is 17.5 Å². The fourth-order valence-corrected chi connectivity index (χ4v) is 3.98. The van der Waals surface area contributed by atoms with Crippen molar-refractivity contribution in [3.05, 3.63) is 76.3 Å². The Morgan fingerprint density at radius 2 is 1.89 bits per heavy atom. The molecule has 5 nitrogen and oxygen atoms in total. The second kappa shape index (κ2) is 7.25. The van der Waals surface area contributed by atoms with E-state index in [1.165, 1.54) is 11.3 Å². The van der Waals surface area contributed by atoms with Gasteiger partial charge in [-0.1, -0.05) is 30.3 Å². The van der Waals surface area contributed by atoms with E-state index >= 15 is 0 Å². The van der Waals surface area contributed by atoms with Gasteiger partial charge in [0.1, 0.15) is 22.4 Å². The van der Waals surface area contributed by atoms with Crippen LogP contribution in [0.5, 0.6) is 5.75 Å². The fourth-order valence-electron chi connectivity index (χ4n) is 3.08. The van der Waals surface area contributed by atoms with E-state index in [1.807, 2.05) is 64.9 Å². The number of aromatic nitrogens is 1. The maximum absolute atomic E-state index is 10.5. The number of nitrogens with zero attached hydrogens (tertiary/aromatic N) is 2. The van der Waals surface area contributed by atoms with Gasteiger partial charge in [-0.3, -0.25) is 5.41 Å². The lowest BCUT2D eigenvalue weighted by molar-refractivity contribution is 0.347. The van der Waals surface area contributed by atoms with Crippen molar-refractivity contribution in [2.24, 2.45) is 0 Å². The van der Waals surface area contributed by atoms with Gasteiger partial charge < -0.3 is 14.7 Å². The Labute approximate surface area is 161 Å². The molecule has 2 N–H and O–H groups in total. The number of nitrogens with one attached hydrogen (secondary N) is 1. The van der Waals surface area contributed by atoms with Crippen molar-refractivity contribution in [2.45, 2.75) is 6.54 Å². The van der Waals surface area contributed by atoms with Crippen molar-refractivity contribution in [1.29, 1.82) is 5.41 Å². The number of hydrogen-bond acceptors (Lipinski definition) is 5. The van der Waals surface area contributed by atoms with E-state index in [-0.39, 0.29) is 5.76 Å². The summed E-state index contributed by atoms with van der Waals surface area (Å²) in [6, 6.07) is 17.7. The Bertz CT molecular complexity index is 994. The molecule has 0 unspecified atom stereocenters. The topological polar surface area (TPSA) is 69.4 Å². The van der Waals surface area contributed by atoms with E-state index < -0.39 is 0 Å². The highest BCUT2D eigenvalue weighted by atomic mass is 32.1. The number of ether oxygens (including phenoxy) is 1. The Hall–Kier alpha value is -3.12. The summed E-state index contributed by atoms with van der Waals surface area (Å²) >= 11 is 1.44. The number of rotatable bonds is 5. The van der Waals surface area contributed by atoms with E-state index in [2.05, 4.69) is 4.98 Å². The first kappa shape index (κ1) is 17.3. The van der Waals surface area contributed by atoms with Gasteiger partial charge in [0.05, 0.1) is 24.9 Å². The summed E-state index contributed by atoms with van der Waals surface area (Å²) in [4.78, 5) is 6.51. The molecule has 27 heavy (non-hydrogen) atoms. The van der Waals surface area contributed by atoms with Crippen molar-refractivity contribution >= 4 is 22.7 Å². The molecular formula is C21H19N3O2S. The first-order valence-corrected chi connectivity index (χ1v) is 9.44. The number of aliphatic hydroxyl groups excluding tert-OH is 1. The second-order valence-corrected chi connectivity index (χ2v) is 7.14. The summed E-state index contributed by atoms with van der Waals surface area (Å²) in [6.07, 6.45) is 0. The number of thiazole rings is 1. The molecule has 0 spiro atoms. The van der Waals surface area contributed by atoms with E-state index in [9.17, 15) is 5.11 Å². The highest BCUT2D eigenvalue weighted by Gasteiger charge is 2.30.